The van der Waals surface area contributed by atoms with Crippen molar-refractivity contribution in [2.24, 2.45) is 0 Å². The van der Waals surface area contributed by atoms with Crippen molar-refractivity contribution >= 4 is 22.5 Å². The summed E-state index contributed by atoms with van der Waals surface area (Å²) in [5.74, 6) is 1.09. The molecule has 146 valence electrons. The summed E-state index contributed by atoms with van der Waals surface area (Å²) >= 11 is 0. The molecule has 0 aliphatic rings. The van der Waals surface area contributed by atoms with Gasteiger partial charge in [-0.25, -0.2) is 0 Å². The highest BCUT2D eigenvalue weighted by atomic mass is 16.5. The zero-order valence-electron chi connectivity index (χ0n) is 16.4. The molecule has 4 aromatic rings. The molecule has 0 saturated heterocycles. The Labute approximate surface area is 169 Å². The molecule has 0 fully saturated rings. The first-order chi connectivity index (χ1) is 14.2. The summed E-state index contributed by atoms with van der Waals surface area (Å²) in [6, 6.07) is 25.6. The molecule has 1 heterocycles. The SMILES string of the molecule is COc1ccc(OC)c(NC(=O)Cn2c(-c3ccccc3)cc3ccccc32)c1. The highest BCUT2D eigenvalue weighted by Gasteiger charge is 2.15. The van der Waals surface area contributed by atoms with Gasteiger partial charge in [-0.2, -0.15) is 0 Å². The Balaban J connectivity index is 1.68. The number of carbonyl (C=O) groups excluding carboxylic acids is 1. The first kappa shape index (κ1) is 18.6. The molecular formula is C24H22N2O3. The number of carbonyl (C=O) groups is 1. The summed E-state index contributed by atoms with van der Waals surface area (Å²) in [7, 11) is 3.16. The number of fused-ring (bicyclic) bond motifs is 1. The van der Waals surface area contributed by atoms with Crippen molar-refractivity contribution in [3.8, 4) is 22.8 Å². The molecule has 1 amide bonds. The second kappa shape index (κ2) is 8.10. The van der Waals surface area contributed by atoms with Crippen LogP contribution in [0.25, 0.3) is 22.2 Å². The van der Waals surface area contributed by atoms with Crippen LogP contribution in [-0.2, 0) is 11.3 Å². The molecule has 5 heteroatoms. The van der Waals surface area contributed by atoms with Crippen molar-refractivity contribution in [2.75, 3.05) is 19.5 Å². The number of nitrogens with zero attached hydrogens (tertiary/aromatic N) is 1. The average Bonchev–Trinajstić information content (AvgIpc) is 3.12. The first-order valence-corrected chi connectivity index (χ1v) is 9.35. The maximum Gasteiger partial charge on any atom is 0.244 e. The molecule has 0 unspecified atom stereocenters. The van der Waals surface area contributed by atoms with Gasteiger partial charge in [0, 0.05) is 22.7 Å². The standard InChI is InChI=1S/C24H22N2O3/c1-28-19-12-13-23(29-2)20(15-19)25-24(27)16-26-21-11-7-6-10-18(21)14-22(26)17-8-4-3-5-9-17/h3-15H,16H2,1-2H3,(H,25,27). The molecule has 29 heavy (non-hydrogen) atoms. The number of methoxy groups -OCH3 is 2. The van der Waals surface area contributed by atoms with Crippen LogP contribution in [0.1, 0.15) is 0 Å². The zero-order valence-corrected chi connectivity index (χ0v) is 16.4. The number of hydrogen-bond donors (Lipinski definition) is 1. The Morgan fingerprint density at radius 2 is 1.66 bits per heavy atom. The smallest absolute Gasteiger partial charge is 0.244 e. The fraction of sp³-hybridized carbons (Fsp3) is 0.125. The molecule has 0 atom stereocenters. The summed E-state index contributed by atoms with van der Waals surface area (Å²) in [4.78, 5) is 12.9. The van der Waals surface area contributed by atoms with Gasteiger partial charge in [0.05, 0.1) is 19.9 Å². The Bertz CT molecular complexity index is 1150. The number of benzene rings is 3. The second-order valence-corrected chi connectivity index (χ2v) is 6.65. The Morgan fingerprint density at radius 1 is 0.897 bits per heavy atom. The molecule has 3 aromatic carbocycles. The summed E-state index contributed by atoms with van der Waals surface area (Å²) in [5.41, 5.74) is 3.66. The molecule has 0 radical (unpaired) electrons. The van der Waals surface area contributed by atoms with Gasteiger partial charge in [0.1, 0.15) is 18.0 Å². The largest absolute Gasteiger partial charge is 0.497 e. The maximum absolute atomic E-state index is 12.9. The van der Waals surface area contributed by atoms with E-state index in [1.54, 1.807) is 32.4 Å². The van der Waals surface area contributed by atoms with Gasteiger partial charge in [-0.1, -0.05) is 48.5 Å². The van der Waals surface area contributed by atoms with Gasteiger partial charge in [-0.3, -0.25) is 4.79 Å². The molecule has 4 rings (SSSR count). The van der Waals surface area contributed by atoms with Crippen molar-refractivity contribution in [1.82, 2.24) is 4.57 Å². The molecular weight excluding hydrogens is 364 g/mol. The van der Waals surface area contributed by atoms with E-state index < -0.39 is 0 Å². The lowest BCUT2D eigenvalue weighted by Gasteiger charge is -2.14. The van der Waals surface area contributed by atoms with Gasteiger partial charge in [-0.05, 0) is 29.8 Å². The summed E-state index contributed by atoms with van der Waals surface area (Å²) < 4.78 is 12.7. The van der Waals surface area contributed by atoms with Crippen LogP contribution < -0.4 is 14.8 Å². The summed E-state index contributed by atoms with van der Waals surface area (Å²) in [5, 5.41) is 4.05. The minimum atomic E-state index is -0.143. The van der Waals surface area contributed by atoms with E-state index in [-0.39, 0.29) is 12.5 Å². The van der Waals surface area contributed by atoms with Gasteiger partial charge >= 0.3 is 0 Å². The average molecular weight is 386 g/mol. The Hall–Kier alpha value is -3.73. The van der Waals surface area contributed by atoms with Crippen molar-refractivity contribution in [1.29, 1.82) is 0 Å². The fourth-order valence-electron chi connectivity index (χ4n) is 3.47. The molecule has 1 aromatic heterocycles. The molecule has 1 N–H and O–H groups in total. The normalized spacial score (nSPS) is 10.7. The lowest BCUT2D eigenvalue weighted by molar-refractivity contribution is -0.116. The molecule has 0 bridgehead atoms. The number of hydrogen-bond acceptors (Lipinski definition) is 3. The number of anilines is 1. The van der Waals surface area contributed by atoms with E-state index in [4.69, 9.17) is 9.47 Å². The lowest BCUT2D eigenvalue weighted by atomic mass is 10.1. The Morgan fingerprint density at radius 3 is 2.41 bits per heavy atom. The number of para-hydroxylation sites is 1. The van der Waals surface area contributed by atoms with E-state index in [1.165, 1.54) is 0 Å². The zero-order chi connectivity index (χ0) is 20.2. The minimum Gasteiger partial charge on any atom is -0.497 e. The van der Waals surface area contributed by atoms with E-state index in [0.717, 1.165) is 22.2 Å². The number of nitrogens with one attached hydrogen (secondary N) is 1. The predicted molar refractivity (Wildman–Crippen MR) is 116 cm³/mol. The predicted octanol–water partition coefficient (Wildman–Crippen LogP) is 4.96. The van der Waals surface area contributed by atoms with Gasteiger partial charge in [0.25, 0.3) is 0 Å². The van der Waals surface area contributed by atoms with Crippen LogP contribution >= 0.6 is 0 Å². The Kier molecular flexibility index (Phi) is 5.20. The van der Waals surface area contributed by atoms with Gasteiger partial charge < -0.3 is 19.4 Å². The summed E-state index contributed by atoms with van der Waals surface area (Å²) in [6.45, 7) is 0.179. The highest BCUT2D eigenvalue weighted by molar-refractivity contribution is 5.95. The van der Waals surface area contributed by atoms with E-state index in [2.05, 4.69) is 17.4 Å². The monoisotopic (exact) mass is 386 g/mol. The molecule has 0 saturated carbocycles. The fourth-order valence-corrected chi connectivity index (χ4v) is 3.47. The van der Waals surface area contributed by atoms with Crippen molar-refractivity contribution in [3.05, 3.63) is 78.9 Å². The van der Waals surface area contributed by atoms with Crippen molar-refractivity contribution < 1.29 is 14.3 Å². The third-order valence-corrected chi connectivity index (χ3v) is 4.86. The number of rotatable bonds is 6. The van der Waals surface area contributed by atoms with Crippen LogP contribution in [0.2, 0.25) is 0 Å². The minimum absolute atomic E-state index is 0.143. The highest BCUT2D eigenvalue weighted by Crippen LogP contribution is 2.30. The number of aromatic nitrogens is 1. The van der Waals surface area contributed by atoms with Gasteiger partial charge in [0.15, 0.2) is 0 Å². The maximum atomic E-state index is 12.9. The van der Waals surface area contributed by atoms with Gasteiger partial charge in [-0.15, -0.1) is 0 Å². The van der Waals surface area contributed by atoms with E-state index in [0.29, 0.717) is 17.2 Å². The third kappa shape index (κ3) is 3.80. The van der Waals surface area contributed by atoms with Crippen LogP contribution in [0.15, 0.2) is 78.9 Å². The van der Waals surface area contributed by atoms with E-state index in [9.17, 15) is 4.79 Å². The van der Waals surface area contributed by atoms with Crippen molar-refractivity contribution in [2.45, 2.75) is 6.54 Å². The second-order valence-electron chi connectivity index (χ2n) is 6.65. The third-order valence-electron chi connectivity index (χ3n) is 4.86. The van der Waals surface area contributed by atoms with Crippen LogP contribution in [0, 0.1) is 0 Å². The lowest BCUT2D eigenvalue weighted by Crippen LogP contribution is -2.19. The number of ether oxygens (including phenoxy) is 2. The van der Waals surface area contributed by atoms with Crippen LogP contribution in [0.5, 0.6) is 11.5 Å². The van der Waals surface area contributed by atoms with Crippen LogP contribution in [0.4, 0.5) is 5.69 Å². The van der Waals surface area contributed by atoms with Crippen LogP contribution in [0.3, 0.4) is 0 Å². The molecule has 0 aliphatic carbocycles. The molecule has 0 aliphatic heterocycles. The quantitative estimate of drug-likeness (QED) is 0.509. The van der Waals surface area contributed by atoms with Crippen LogP contribution in [-0.4, -0.2) is 24.7 Å². The summed E-state index contributed by atoms with van der Waals surface area (Å²) in [6.07, 6.45) is 0. The molecule has 0 spiro atoms. The topological polar surface area (TPSA) is 52.5 Å². The van der Waals surface area contributed by atoms with E-state index in [1.807, 2.05) is 53.1 Å². The van der Waals surface area contributed by atoms with Crippen molar-refractivity contribution in [3.63, 3.8) is 0 Å². The first-order valence-electron chi connectivity index (χ1n) is 9.35. The van der Waals surface area contributed by atoms with Gasteiger partial charge in [0.2, 0.25) is 5.91 Å². The number of amides is 1. The molecule has 5 nitrogen and oxygen atoms in total. The van der Waals surface area contributed by atoms with E-state index >= 15 is 0 Å².